The quantitative estimate of drug-likeness (QED) is 0.523. The van der Waals surface area contributed by atoms with Gasteiger partial charge >= 0.3 is 0 Å². The second-order valence-corrected chi connectivity index (χ2v) is 8.27. The lowest BCUT2D eigenvalue weighted by Gasteiger charge is -2.19. The summed E-state index contributed by atoms with van der Waals surface area (Å²) in [5, 5.41) is 3.48. The van der Waals surface area contributed by atoms with Crippen LogP contribution in [0.4, 0.5) is 4.39 Å². The highest BCUT2D eigenvalue weighted by molar-refractivity contribution is 5.72. The lowest BCUT2D eigenvalue weighted by atomic mass is 9.96. The van der Waals surface area contributed by atoms with Crippen molar-refractivity contribution >= 4 is 5.57 Å². The molecule has 0 spiro atoms. The third-order valence-corrected chi connectivity index (χ3v) is 5.52. The summed E-state index contributed by atoms with van der Waals surface area (Å²) >= 11 is 0. The third-order valence-electron chi connectivity index (χ3n) is 5.52. The smallest absolute Gasteiger partial charge is 0.123 e. The van der Waals surface area contributed by atoms with Crippen molar-refractivity contribution in [3.8, 4) is 11.1 Å². The molecule has 0 saturated heterocycles. The molecule has 158 valence electrons. The molecule has 0 aliphatic carbocycles. The van der Waals surface area contributed by atoms with E-state index in [0.29, 0.717) is 5.92 Å². The number of hydrogen-bond acceptors (Lipinski definition) is 3. The summed E-state index contributed by atoms with van der Waals surface area (Å²) in [6, 6.07) is 13.5. The van der Waals surface area contributed by atoms with Crippen molar-refractivity contribution in [1.82, 2.24) is 5.32 Å². The first-order chi connectivity index (χ1) is 13.8. The van der Waals surface area contributed by atoms with E-state index in [2.05, 4.69) is 50.4 Å². The van der Waals surface area contributed by atoms with Crippen LogP contribution in [0, 0.1) is 11.7 Å². The molecule has 0 heterocycles. The molecule has 4 heteroatoms. The van der Waals surface area contributed by atoms with Gasteiger partial charge in [-0.05, 0) is 84.7 Å². The minimum atomic E-state index is -0.220. The zero-order valence-electron chi connectivity index (χ0n) is 18.2. The largest absolute Gasteiger partial charge is 0.327 e. The first-order valence-electron chi connectivity index (χ1n) is 10.5. The van der Waals surface area contributed by atoms with E-state index in [1.807, 2.05) is 19.1 Å². The van der Waals surface area contributed by atoms with Gasteiger partial charge in [0.25, 0.3) is 0 Å². The molecule has 29 heavy (non-hydrogen) atoms. The van der Waals surface area contributed by atoms with Crippen molar-refractivity contribution in [3.05, 3.63) is 65.5 Å². The van der Waals surface area contributed by atoms with E-state index in [0.717, 1.165) is 37.1 Å². The topological polar surface area (TPSA) is 64.1 Å². The van der Waals surface area contributed by atoms with Crippen molar-refractivity contribution in [2.75, 3.05) is 6.54 Å². The fourth-order valence-electron chi connectivity index (χ4n) is 3.24. The number of rotatable bonds is 10. The molecule has 0 aliphatic rings. The van der Waals surface area contributed by atoms with E-state index in [-0.39, 0.29) is 17.9 Å². The molecule has 0 bridgehead atoms. The predicted molar refractivity (Wildman–Crippen MR) is 123 cm³/mol. The van der Waals surface area contributed by atoms with Crippen LogP contribution in [0.5, 0.6) is 0 Å². The Kier molecular flexibility index (Phi) is 9.02. The van der Waals surface area contributed by atoms with Crippen LogP contribution in [0.15, 0.2) is 48.5 Å². The first-order valence-corrected chi connectivity index (χ1v) is 10.5. The molecule has 0 aromatic heterocycles. The molecule has 0 amide bonds. The van der Waals surface area contributed by atoms with Gasteiger partial charge in [-0.1, -0.05) is 38.1 Å². The van der Waals surface area contributed by atoms with Crippen molar-refractivity contribution < 1.29 is 4.39 Å². The maximum Gasteiger partial charge on any atom is 0.123 e. The molecule has 2 aromatic rings. The summed E-state index contributed by atoms with van der Waals surface area (Å²) in [6.45, 7) is 9.93. The van der Waals surface area contributed by atoms with Crippen LogP contribution in [0.3, 0.4) is 0 Å². The number of allylic oxidation sites excluding steroid dienone is 2. The average Bonchev–Trinajstić information content (AvgIpc) is 2.71. The predicted octanol–water partition coefficient (Wildman–Crippen LogP) is 5.10. The highest BCUT2D eigenvalue weighted by Gasteiger charge is 2.11. The molecule has 1 unspecified atom stereocenters. The summed E-state index contributed by atoms with van der Waals surface area (Å²) in [4.78, 5) is 0. The Hall–Kier alpha value is -2.01. The van der Waals surface area contributed by atoms with Crippen LogP contribution < -0.4 is 16.8 Å². The van der Waals surface area contributed by atoms with Gasteiger partial charge in [0, 0.05) is 25.2 Å². The van der Waals surface area contributed by atoms with Crippen molar-refractivity contribution in [2.24, 2.45) is 17.4 Å². The normalized spacial score (nSPS) is 14.3. The third kappa shape index (κ3) is 7.39. The Labute approximate surface area is 175 Å². The fraction of sp³-hybridized carbons (Fsp3) is 0.440. The van der Waals surface area contributed by atoms with Crippen LogP contribution in [-0.2, 0) is 6.54 Å². The number of nitrogens with one attached hydrogen (secondary N) is 1. The molecular weight excluding hydrogens is 361 g/mol. The van der Waals surface area contributed by atoms with Gasteiger partial charge in [-0.15, -0.1) is 0 Å². The van der Waals surface area contributed by atoms with E-state index >= 15 is 0 Å². The number of nitrogens with two attached hydrogens (primary N) is 2. The summed E-state index contributed by atoms with van der Waals surface area (Å²) in [6.07, 6.45) is 3.98. The first kappa shape index (κ1) is 23.3. The Morgan fingerprint density at radius 1 is 1.03 bits per heavy atom. The second-order valence-electron chi connectivity index (χ2n) is 8.27. The highest BCUT2D eigenvalue weighted by Crippen LogP contribution is 2.26. The number of halogens is 1. The molecule has 0 aliphatic heterocycles. The van der Waals surface area contributed by atoms with E-state index in [1.54, 1.807) is 0 Å². The molecule has 3 nitrogen and oxygen atoms in total. The zero-order valence-corrected chi connectivity index (χ0v) is 18.2. The van der Waals surface area contributed by atoms with E-state index in [9.17, 15) is 4.39 Å². The van der Waals surface area contributed by atoms with E-state index < -0.39 is 0 Å². The number of benzene rings is 2. The molecule has 2 atom stereocenters. The molecular formula is C25H36FN3. The zero-order chi connectivity index (χ0) is 21.4. The van der Waals surface area contributed by atoms with Crippen molar-refractivity contribution in [3.63, 3.8) is 0 Å². The molecule has 0 saturated carbocycles. The monoisotopic (exact) mass is 397 g/mol. The Morgan fingerprint density at radius 2 is 1.72 bits per heavy atom. The van der Waals surface area contributed by atoms with Gasteiger partial charge in [0.15, 0.2) is 0 Å². The minimum Gasteiger partial charge on any atom is -0.327 e. The van der Waals surface area contributed by atoms with Crippen LogP contribution in [0.2, 0.25) is 0 Å². The van der Waals surface area contributed by atoms with E-state index in [1.165, 1.54) is 28.8 Å². The van der Waals surface area contributed by atoms with Crippen LogP contribution in [-0.4, -0.2) is 18.6 Å². The Balaban J connectivity index is 2.05. The molecule has 2 rings (SSSR count). The van der Waals surface area contributed by atoms with Gasteiger partial charge in [-0.3, -0.25) is 0 Å². The summed E-state index contributed by atoms with van der Waals surface area (Å²) in [5.74, 6) is 0.264. The minimum absolute atomic E-state index is 0.0943. The molecule has 0 radical (unpaired) electrons. The van der Waals surface area contributed by atoms with E-state index in [4.69, 9.17) is 11.5 Å². The lowest BCUT2D eigenvalue weighted by Crippen LogP contribution is -2.36. The highest BCUT2D eigenvalue weighted by atomic mass is 19.1. The Bertz CT molecular complexity index is 796. The van der Waals surface area contributed by atoms with Crippen LogP contribution in [0.1, 0.15) is 51.7 Å². The van der Waals surface area contributed by atoms with Gasteiger partial charge < -0.3 is 16.8 Å². The number of hydrogen-bond donors (Lipinski definition) is 3. The van der Waals surface area contributed by atoms with Crippen LogP contribution >= 0.6 is 0 Å². The molecule has 5 N–H and O–H groups in total. The Morgan fingerprint density at radius 3 is 2.34 bits per heavy atom. The van der Waals surface area contributed by atoms with Gasteiger partial charge in [0.1, 0.15) is 5.82 Å². The SMILES string of the molecule is C/C=C(\C)c1cc(CNC[C@@H](N)CCC(N)C(C)C)cc(-c2ccc(F)cc2)c1. The van der Waals surface area contributed by atoms with Crippen LogP contribution in [0.25, 0.3) is 16.7 Å². The molecule has 2 aromatic carbocycles. The summed E-state index contributed by atoms with van der Waals surface area (Å²) < 4.78 is 13.3. The fourth-order valence-corrected chi connectivity index (χ4v) is 3.24. The molecule has 0 fully saturated rings. The van der Waals surface area contributed by atoms with Gasteiger partial charge in [0.05, 0.1) is 0 Å². The summed E-state index contributed by atoms with van der Waals surface area (Å²) in [5.41, 5.74) is 18.1. The lowest BCUT2D eigenvalue weighted by molar-refractivity contribution is 0.421. The van der Waals surface area contributed by atoms with Gasteiger partial charge in [-0.2, -0.15) is 0 Å². The maximum absolute atomic E-state index is 13.3. The average molecular weight is 398 g/mol. The van der Waals surface area contributed by atoms with Crippen molar-refractivity contribution in [2.45, 2.75) is 59.2 Å². The maximum atomic E-state index is 13.3. The van der Waals surface area contributed by atoms with Gasteiger partial charge in [-0.25, -0.2) is 4.39 Å². The second kappa shape index (κ2) is 11.2. The summed E-state index contributed by atoms with van der Waals surface area (Å²) in [7, 11) is 0. The van der Waals surface area contributed by atoms with Crippen molar-refractivity contribution in [1.29, 1.82) is 0 Å². The standard InChI is InChI=1S/C25H36FN3/c1-5-18(4)21-12-19(13-22(14-21)20-6-8-23(26)9-7-20)15-29-16-24(27)10-11-25(28)17(2)3/h5-9,12-14,17,24-25,29H,10-11,15-16,27-28H2,1-4H3/b18-5+/t24-,25?/m0/s1. The van der Waals surface area contributed by atoms with Gasteiger partial charge in [0.2, 0.25) is 0 Å².